The lowest BCUT2D eigenvalue weighted by atomic mass is 10.0. The van der Waals surface area contributed by atoms with E-state index in [-0.39, 0.29) is 0 Å². The standard InChI is InChI=1S/C16H31N3O/c1-3-14-9-17-16(13-5-6-13)12-19(14)11-15-10-18(4-2)7-8-20-15/h13-17H,3-12H2,1-2H3. The number of ether oxygens (including phenoxy) is 1. The average molecular weight is 281 g/mol. The molecule has 1 saturated carbocycles. The Bertz CT molecular complexity index is 308. The molecule has 1 aliphatic carbocycles. The van der Waals surface area contributed by atoms with E-state index in [2.05, 4.69) is 29.0 Å². The summed E-state index contributed by atoms with van der Waals surface area (Å²) >= 11 is 0. The van der Waals surface area contributed by atoms with Gasteiger partial charge in [-0.15, -0.1) is 0 Å². The van der Waals surface area contributed by atoms with Gasteiger partial charge in [0.1, 0.15) is 0 Å². The molecule has 0 aromatic heterocycles. The number of hydrogen-bond acceptors (Lipinski definition) is 4. The van der Waals surface area contributed by atoms with Gasteiger partial charge in [-0.2, -0.15) is 0 Å². The van der Waals surface area contributed by atoms with Crippen molar-refractivity contribution >= 4 is 0 Å². The molecule has 2 aliphatic heterocycles. The normalized spacial score (nSPS) is 37.2. The number of hydrogen-bond donors (Lipinski definition) is 1. The fourth-order valence-electron chi connectivity index (χ4n) is 3.76. The Morgan fingerprint density at radius 2 is 2.05 bits per heavy atom. The third kappa shape index (κ3) is 3.53. The Balaban J connectivity index is 1.54. The second-order valence-electron chi connectivity index (χ2n) is 6.75. The minimum Gasteiger partial charge on any atom is -0.374 e. The summed E-state index contributed by atoms with van der Waals surface area (Å²) < 4.78 is 6.01. The van der Waals surface area contributed by atoms with Gasteiger partial charge < -0.3 is 10.1 Å². The number of piperazine rings is 1. The van der Waals surface area contributed by atoms with E-state index in [1.807, 2.05) is 0 Å². The van der Waals surface area contributed by atoms with Crippen molar-refractivity contribution in [2.75, 3.05) is 45.9 Å². The second kappa shape index (κ2) is 6.73. The Labute approximate surface area is 123 Å². The molecule has 3 unspecified atom stereocenters. The van der Waals surface area contributed by atoms with Crippen LogP contribution in [0.15, 0.2) is 0 Å². The first kappa shape index (κ1) is 14.8. The first-order valence-corrected chi connectivity index (χ1v) is 8.61. The van der Waals surface area contributed by atoms with E-state index in [9.17, 15) is 0 Å². The molecule has 3 rings (SSSR count). The molecule has 2 heterocycles. The topological polar surface area (TPSA) is 27.7 Å². The van der Waals surface area contributed by atoms with Gasteiger partial charge in [0.15, 0.2) is 0 Å². The highest BCUT2D eigenvalue weighted by Gasteiger charge is 2.37. The molecule has 20 heavy (non-hydrogen) atoms. The molecule has 0 spiro atoms. The van der Waals surface area contributed by atoms with E-state index >= 15 is 0 Å². The van der Waals surface area contributed by atoms with Crippen LogP contribution in [0.1, 0.15) is 33.1 Å². The Hall–Kier alpha value is -0.160. The zero-order valence-corrected chi connectivity index (χ0v) is 13.2. The van der Waals surface area contributed by atoms with Gasteiger partial charge in [0.25, 0.3) is 0 Å². The minimum absolute atomic E-state index is 0.413. The molecule has 3 atom stereocenters. The van der Waals surface area contributed by atoms with Crippen LogP contribution in [0.25, 0.3) is 0 Å². The first-order valence-electron chi connectivity index (χ1n) is 8.61. The summed E-state index contributed by atoms with van der Waals surface area (Å²) in [5.74, 6) is 0.953. The van der Waals surface area contributed by atoms with E-state index in [4.69, 9.17) is 4.74 Å². The molecule has 2 saturated heterocycles. The van der Waals surface area contributed by atoms with Crippen LogP contribution >= 0.6 is 0 Å². The van der Waals surface area contributed by atoms with Crippen molar-refractivity contribution in [2.24, 2.45) is 5.92 Å². The van der Waals surface area contributed by atoms with Gasteiger partial charge >= 0.3 is 0 Å². The summed E-state index contributed by atoms with van der Waals surface area (Å²) in [6, 6.07) is 1.44. The van der Waals surface area contributed by atoms with Crippen molar-refractivity contribution in [2.45, 2.75) is 51.3 Å². The molecule has 4 nitrogen and oxygen atoms in total. The summed E-state index contributed by atoms with van der Waals surface area (Å²) in [5, 5.41) is 3.78. The number of likely N-dealkylation sites (N-methyl/N-ethyl adjacent to an activating group) is 1. The Morgan fingerprint density at radius 1 is 1.20 bits per heavy atom. The lowest BCUT2D eigenvalue weighted by molar-refractivity contribution is -0.0527. The van der Waals surface area contributed by atoms with Crippen LogP contribution in [0.5, 0.6) is 0 Å². The smallest absolute Gasteiger partial charge is 0.0829 e. The Kier molecular flexibility index (Phi) is 4.97. The van der Waals surface area contributed by atoms with Crippen molar-refractivity contribution in [1.29, 1.82) is 0 Å². The van der Waals surface area contributed by atoms with E-state index in [1.165, 1.54) is 32.4 Å². The lowest BCUT2D eigenvalue weighted by Crippen LogP contribution is -2.59. The fourth-order valence-corrected chi connectivity index (χ4v) is 3.76. The highest BCUT2D eigenvalue weighted by Crippen LogP contribution is 2.34. The maximum Gasteiger partial charge on any atom is 0.0829 e. The first-order chi connectivity index (χ1) is 9.80. The van der Waals surface area contributed by atoms with Crippen LogP contribution in [0.2, 0.25) is 0 Å². The second-order valence-corrected chi connectivity index (χ2v) is 6.75. The van der Waals surface area contributed by atoms with Crippen LogP contribution < -0.4 is 5.32 Å². The molecule has 0 aromatic rings. The van der Waals surface area contributed by atoms with Crippen LogP contribution in [-0.4, -0.2) is 73.9 Å². The van der Waals surface area contributed by atoms with Gasteiger partial charge in [0.05, 0.1) is 12.7 Å². The summed E-state index contributed by atoms with van der Waals surface area (Å²) in [6.07, 6.45) is 4.53. The molecular weight excluding hydrogens is 250 g/mol. The third-order valence-electron chi connectivity index (χ3n) is 5.33. The van der Waals surface area contributed by atoms with Crippen LogP contribution in [0.4, 0.5) is 0 Å². The molecule has 3 fully saturated rings. The number of morpholine rings is 1. The van der Waals surface area contributed by atoms with Crippen molar-refractivity contribution in [1.82, 2.24) is 15.1 Å². The maximum atomic E-state index is 6.01. The molecule has 0 bridgehead atoms. The molecule has 4 heteroatoms. The van der Waals surface area contributed by atoms with Crippen LogP contribution in [0, 0.1) is 5.92 Å². The number of nitrogens with zero attached hydrogens (tertiary/aromatic N) is 2. The average Bonchev–Trinajstić information content (AvgIpc) is 3.32. The van der Waals surface area contributed by atoms with E-state index in [0.717, 1.165) is 44.7 Å². The summed E-state index contributed by atoms with van der Waals surface area (Å²) in [5.41, 5.74) is 0. The summed E-state index contributed by atoms with van der Waals surface area (Å²) in [7, 11) is 0. The molecule has 0 aromatic carbocycles. The van der Waals surface area contributed by atoms with Crippen molar-refractivity contribution in [3.63, 3.8) is 0 Å². The zero-order valence-electron chi connectivity index (χ0n) is 13.2. The van der Waals surface area contributed by atoms with E-state index in [1.54, 1.807) is 0 Å². The van der Waals surface area contributed by atoms with Crippen molar-refractivity contribution in [3.8, 4) is 0 Å². The van der Waals surface area contributed by atoms with Crippen molar-refractivity contribution in [3.05, 3.63) is 0 Å². The number of nitrogens with one attached hydrogen (secondary N) is 1. The van der Waals surface area contributed by atoms with Gasteiger partial charge in [-0.25, -0.2) is 0 Å². The van der Waals surface area contributed by atoms with Gasteiger partial charge in [0.2, 0.25) is 0 Å². The molecule has 3 aliphatic rings. The number of rotatable bonds is 5. The predicted octanol–water partition coefficient (Wildman–Crippen LogP) is 1.17. The summed E-state index contributed by atoms with van der Waals surface area (Å²) in [4.78, 5) is 5.24. The van der Waals surface area contributed by atoms with Crippen LogP contribution in [0.3, 0.4) is 0 Å². The fraction of sp³-hybridized carbons (Fsp3) is 1.00. The largest absolute Gasteiger partial charge is 0.374 e. The predicted molar refractivity (Wildman–Crippen MR) is 82.0 cm³/mol. The zero-order chi connectivity index (χ0) is 13.9. The van der Waals surface area contributed by atoms with Crippen LogP contribution in [-0.2, 0) is 4.74 Å². The van der Waals surface area contributed by atoms with Gasteiger partial charge in [-0.05, 0) is 31.7 Å². The van der Waals surface area contributed by atoms with Gasteiger partial charge in [-0.1, -0.05) is 13.8 Å². The molecular formula is C16H31N3O. The van der Waals surface area contributed by atoms with Crippen molar-refractivity contribution < 1.29 is 4.74 Å². The third-order valence-corrected chi connectivity index (χ3v) is 5.33. The molecule has 0 amide bonds. The lowest BCUT2D eigenvalue weighted by Gasteiger charge is -2.43. The molecule has 116 valence electrons. The quantitative estimate of drug-likeness (QED) is 0.819. The highest BCUT2D eigenvalue weighted by atomic mass is 16.5. The molecule has 0 radical (unpaired) electrons. The summed E-state index contributed by atoms with van der Waals surface area (Å²) in [6.45, 7) is 12.4. The highest BCUT2D eigenvalue weighted by molar-refractivity contribution is 4.95. The van der Waals surface area contributed by atoms with Gasteiger partial charge in [-0.3, -0.25) is 9.80 Å². The monoisotopic (exact) mass is 281 g/mol. The SMILES string of the molecule is CCC1CNC(C2CC2)CN1CC1CN(CC)CCO1. The maximum absolute atomic E-state index is 6.01. The van der Waals surface area contributed by atoms with E-state index < -0.39 is 0 Å². The molecule has 1 N–H and O–H groups in total. The minimum atomic E-state index is 0.413. The van der Waals surface area contributed by atoms with Gasteiger partial charge in [0, 0.05) is 44.8 Å². The van der Waals surface area contributed by atoms with E-state index in [0.29, 0.717) is 12.1 Å². The Morgan fingerprint density at radius 3 is 2.75 bits per heavy atom.